The molecule has 0 aliphatic carbocycles. The van der Waals surface area contributed by atoms with Crippen LogP contribution in [-0.2, 0) is 13.1 Å². The number of nitrogens with zero attached hydrogens (tertiary/aromatic N) is 2. The van der Waals surface area contributed by atoms with Gasteiger partial charge in [0.2, 0.25) is 5.13 Å². The number of fused-ring (bicyclic) bond motifs is 1. The predicted octanol–water partition coefficient (Wildman–Crippen LogP) is 3.95. The molecule has 4 rings (SSSR count). The molecule has 130 valence electrons. The van der Waals surface area contributed by atoms with Crippen molar-refractivity contribution in [1.82, 2.24) is 9.78 Å². The van der Waals surface area contributed by atoms with Gasteiger partial charge in [0.05, 0.1) is 6.54 Å². The average molecular weight is 390 g/mol. The molecule has 0 fully saturated rings. The van der Waals surface area contributed by atoms with Gasteiger partial charge in [-0.3, -0.25) is 0 Å². The second kappa shape index (κ2) is 6.99. The smallest absolute Gasteiger partial charge is 0.209 e. The molecule has 25 heavy (non-hydrogen) atoms. The summed E-state index contributed by atoms with van der Waals surface area (Å²) < 4.78 is 2.80. The van der Waals surface area contributed by atoms with E-state index in [1.807, 2.05) is 28.2 Å². The van der Waals surface area contributed by atoms with Gasteiger partial charge in [0.25, 0.3) is 0 Å². The number of hydrogen-bond acceptors (Lipinski definition) is 5. The van der Waals surface area contributed by atoms with Crippen LogP contribution in [0.25, 0.3) is 0 Å². The van der Waals surface area contributed by atoms with Gasteiger partial charge in [-0.25, -0.2) is 0 Å². The van der Waals surface area contributed by atoms with Crippen molar-refractivity contribution in [1.29, 1.82) is 0 Å². The van der Waals surface area contributed by atoms with Gasteiger partial charge in [0.15, 0.2) is 10.6 Å². The Morgan fingerprint density at radius 3 is 3.04 bits per heavy atom. The fourth-order valence-electron chi connectivity index (χ4n) is 3.34. The minimum absolute atomic E-state index is 0.492. The molecule has 0 radical (unpaired) electrons. The Kier molecular flexibility index (Phi) is 4.73. The van der Waals surface area contributed by atoms with Crippen LogP contribution in [0.2, 0.25) is 0 Å². The maximum Gasteiger partial charge on any atom is 0.209 e. The van der Waals surface area contributed by atoms with Crippen molar-refractivity contribution in [2.24, 2.45) is 0 Å². The van der Waals surface area contributed by atoms with Gasteiger partial charge in [0, 0.05) is 22.5 Å². The van der Waals surface area contributed by atoms with E-state index in [9.17, 15) is 0 Å². The molecular weight excluding hydrogens is 368 g/mol. The molecule has 0 saturated heterocycles. The molecule has 2 N–H and O–H groups in total. The van der Waals surface area contributed by atoms with Crippen LogP contribution < -0.4 is 10.2 Å². The van der Waals surface area contributed by atoms with Crippen LogP contribution in [0.3, 0.4) is 0 Å². The Morgan fingerprint density at radius 1 is 1.36 bits per heavy atom. The van der Waals surface area contributed by atoms with Crippen LogP contribution >= 0.6 is 34.9 Å². The normalized spacial score (nSPS) is 19.6. The molecule has 3 heterocycles. The van der Waals surface area contributed by atoms with Gasteiger partial charge in [-0.15, -0.1) is 16.4 Å². The molecule has 0 spiro atoms. The van der Waals surface area contributed by atoms with Crippen molar-refractivity contribution in [2.75, 3.05) is 11.9 Å². The number of thiophene rings is 1. The van der Waals surface area contributed by atoms with Gasteiger partial charge in [-0.05, 0) is 49.1 Å². The number of rotatable bonds is 4. The Balaban J connectivity index is 1.52. The minimum atomic E-state index is 0.492. The number of benzene rings is 1. The second-order valence-corrected chi connectivity index (χ2v) is 9.07. The van der Waals surface area contributed by atoms with E-state index in [0.29, 0.717) is 6.04 Å². The summed E-state index contributed by atoms with van der Waals surface area (Å²) in [6, 6.07) is 11.0. The Morgan fingerprint density at radius 2 is 2.20 bits per heavy atom. The number of quaternary nitrogens is 1. The lowest BCUT2D eigenvalue weighted by molar-refractivity contribution is -0.954. The summed E-state index contributed by atoms with van der Waals surface area (Å²) in [5.74, 6) is 0. The highest BCUT2D eigenvalue weighted by Crippen LogP contribution is 2.25. The fraction of sp³-hybridized carbons (Fsp3) is 0.333. The second-order valence-electron chi connectivity index (χ2n) is 6.45. The topological polar surface area (TPSA) is 34.3 Å². The van der Waals surface area contributed by atoms with E-state index in [4.69, 9.17) is 17.3 Å². The lowest BCUT2D eigenvalue weighted by atomic mass is 10.0. The van der Waals surface area contributed by atoms with E-state index in [2.05, 4.69) is 42.7 Å². The van der Waals surface area contributed by atoms with E-state index >= 15 is 0 Å². The number of aromatic nitrogens is 2. The van der Waals surface area contributed by atoms with Crippen LogP contribution in [-0.4, -0.2) is 16.3 Å². The lowest BCUT2D eigenvalue weighted by Gasteiger charge is -2.30. The van der Waals surface area contributed by atoms with Gasteiger partial charge >= 0.3 is 0 Å². The molecule has 0 bridgehead atoms. The van der Waals surface area contributed by atoms with E-state index in [1.165, 1.54) is 27.4 Å². The molecule has 0 saturated carbocycles. The zero-order chi connectivity index (χ0) is 17.4. The van der Waals surface area contributed by atoms with E-state index in [-0.39, 0.29) is 0 Å². The first-order valence-corrected chi connectivity index (χ1v) is 10.5. The molecule has 4 nitrogen and oxygen atoms in total. The highest BCUT2D eigenvalue weighted by atomic mass is 32.1. The summed E-state index contributed by atoms with van der Waals surface area (Å²) in [6.07, 6.45) is 1.15. The van der Waals surface area contributed by atoms with Crippen LogP contribution in [0.4, 0.5) is 10.8 Å². The van der Waals surface area contributed by atoms with Crippen molar-refractivity contribution in [2.45, 2.75) is 33.0 Å². The molecule has 1 aliphatic rings. The number of nitrogens with one attached hydrogen (secondary N) is 2. The van der Waals surface area contributed by atoms with Crippen LogP contribution in [0.1, 0.15) is 29.0 Å². The van der Waals surface area contributed by atoms with Crippen LogP contribution in [0.15, 0.2) is 35.7 Å². The lowest BCUT2D eigenvalue weighted by Crippen LogP contribution is -3.12. The third-order valence-corrected chi connectivity index (χ3v) is 7.10. The average Bonchev–Trinajstić information content (AvgIpc) is 3.20. The van der Waals surface area contributed by atoms with E-state index in [0.717, 1.165) is 34.4 Å². The molecular formula is C18H21N4S3+. The van der Waals surface area contributed by atoms with Gasteiger partial charge in [-0.2, -0.15) is 4.68 Å². The van der Waals surface area contributed by atoms with Gasteiger partial charge < -0.3 is 10.2 Å². The summed E-state index contributed by atoms with van der Waals surface area (Å²) in [6.45, 7) is 6.36. The highest BCUT2D eigenvalue weighted by molar-refractivity contribution is 7.73. The third-order valence-electron chi connectivity index (χ3n) is 4.88. The minimum Gasteiger partial charge on any atom is -0.330 e. The zero-order valence-corrected chi connectivity index (χ0v) is 16.7. The van der Waals surface area contributed by atoms with Crippen LogP contribution in [0, 0.1) is 10.9 Å². The maximum absolute atomic E-state index is 5.56. The molecule has 7 heteroatoms. The van der Waals surface area contributed by atoms with Crippen LogP contribution in [0.5, 0.6) is 0 Å². The first-order chi connectivity index (χ1) is 12.1. The first-order valence-electron chi connectivity index (χ1n) is 8.43. The standard InChI is InChI=1S/C18H20N4S3/c1-12-5-3-4-6-15(12)19-17-20-22(18(23)25-17)11-21-9-7-16-14(13(21)2)8-10-24-16/h3-6,8,10,13H,7,9,11H2,1-2H3,(H,19,20)/p+1/t13-/m1/s1. The molecule has 1 aromatic carbocycles. The number of para-hydroxylation sites is 1. The summed E-state index contributed by atoms with van der Waals surface area (Å²) in [5.41, 5.74) is 3.78. The molecule has 1 aliphatic heterocycles. The quantitative estimate of drug-likeness (QED) is 0.663. The summed E-state index contributed by atoms with van der Waals surface area (Å²) >= 11 is 8.98. The predicted molar refractivity (Wildman–Crippen MR) is 108 cm³/mol. The largest absolute Gasteiger partial charge is 0.330 e. The molecule has 2 aromatic heterocycles. The Bertz CT molecular complexity index is 940. The van der Waals surface area contributed by atoms with E-state index in [1.54, 1.807) is 4.88 Å². The van der Waals surface area contributed by atoms with E-state index < -0.39 is 0 Å². The third kappa shape index (κ3) is 3.42. The Labute approximate surface area is 160 Å². The SMILES string of the molecule is Cc1ccccc1Nc1nn(C[NH+]2CCc3sccc3[C@H]2C)c(=S)s1. The zero-order valence-electron chi connectivity index (χ0n) is 14.3. The number of aryl methyl sites for hydroxylation is 1. The van der Waals surface area contributed by atoms with Crippen molar-refractivity contribution < 1.29 is 4.90 Å². The maximum atomic E-state index is 5.56. The summed E-state index contributed by atoms with van der Waals surface area (Å²) in [4.78, 5) is 3.06. The van der Waals surface area contributed by atoms with Crippen molar-refractivity contribution in [3.8, 4) is 0 Å². The number of anilines is 2. The number of hydrogen-bond donors (Lipinski definition) is 2. The summed E-state index contributed by atoms with van der Waals surface area (Å²) in [7, 11) is 0. The first kappa shape index (κ1) is 16.9. The molecule has 2 atom stereocenters. The molecule has 3 aromatic rings. The molecule has 1 unspecified atom stereocenters. The van der Waals surface area contributed by atoms with Gasteiger partial charge in [-0.1, -0.05) is 29.5 Å². The van der Waals surface area contributed by atoms with Crippen molar-refractivity contribution >= 4 is 45.7 Å². The van der Waals surface area contributed by atoms with Gasteiger partial charge in [0.1, 0.15) is 6.04 Å². The molecule has 0 amide bonds. The summed E-state index contributed by atoms with van der Waals surface area (Å²) in [5, 5.41) is 11.2. The highest BCUT2D eigenvalue weighted by Gasteiger charge is 2.28. The Hall–Kier alpha value is -1.54. The monoisotopic (exact) mass is 389 g/mol. The van der Waals surface area contributed by atoms with Crippen molar-refractivity contribution in [3.05, 3.63) is 55.7 Å². The fourth-order valence-corrected chi connectivity index (χ4v) is 5.34. The van der Waals surface area contributed by atoms with Crippen molar-refractivity contribution in [3.63, 3.8) is 0 Å².